The number of fused-ring (bicyclic) bond motifs is 4. The van der Waals surface area contributed by atoms with Gasteiger partial charge in [0, 0.05) is 43.0 Å². The number of aromatic nitrogens is 1. The van der Waals surface area contributed by atoms with Crippen molar-refractivity contribution >= 4 is 11.6 Å². The second-order valence-electron chi connectivity index (χ2n) is 10.1. The molecule has 2 aliphatic heterocycles. The molecule has 31 heavy (non-hydrogen) atoms. The molecule has 2 atom stereocenters. The van der Waals surface area contributed by atoms with Crippen LogP contribution in [-0.2, 0) is 11.3 Å². The summed E-state index contributed by atoms with van der Waals surface area (Å²) >= 11 is 0. The average molecular weight is 420 g/mol. The van der Waals surface area contributed by atoms with Crippen LogP contribution in [0.25, 0.3) is 0 Å². The molecular weight excluding hydrogens is 386 g/mol. The van der Waals surface area contributed by atoms with Gasteiger partial charge in [0.05, 0.1) is 0 Å². The minimum atomic E-state index is -0.455. The fourth-order valence-electron chi connectivity index (χ4n) is 6.12. The molecule has 1 aliphatic carbocycles. The van der Waals surface area contributed by atoms with Crippen molar-refractivity contribution in [1.29, 1.82) is 0 Å². The molecule has 5 rings (SSSR count). The maximum atomic E-state index is 13.9. The van der Waals surface area contributed by atoms with Crippen LogP contribution in [0.5, 0.6) is 0 Å². The number of piperidine rings is 1. The topological polar surface area (TPSA) is 54.3 Å². The first-order chi connectivity index (χ1) is 15.0. The van der Waals surface area contributed by atoms with Gasteiger partial charge in [-0.05, 0) is 68.6 Å². The van der Waals surface area contributed by atoms with Crippen LogP contribution < -0.4 is 10.9 Å². The van der Waals surface area contributed by atoms with Crippen molar-refractivity contribution in [2.45, 2.75) is 64.0 Å². The molecule has 1 N–H and O–H groups in total. The molecule has 2 fully saturated rings. The van der Waals surface area contributed by atoms with E-state index in [-0.39, 0.29) is 11.5 Å². The van der Waals surface area contributed by atoms with E-state index in [0.717, 1.165) is 68.7 Å². The highest BCUT2D eigenvalue weighted by Crippen LogP contribution is 2.43. The van der Waals surface area contributed by atoms with E-state index in [0.29, 0.717) is 17.8 Å². The Balaban J connectivity index is 1.46. The van der Waals surface area contributed by atoms with E-state index in [9.17, 15) is 9.59 Å². The number of para-hydroxylation sites is 1. The van der Waals surface area contributed by atoms with Gasteiger partial charge in [-0.3, -0.25) is 14.5 Å². The molecule has 1 amide bonds. The minimum absolute atomic E-state index is 0.110. The van der Waals surface area contributed by atoms with E-state index >= 15 is 0 Å². The zero-order valence-corrected chi connectivity index (χ0v) is 18.6. The van der Waals surface area contributed by atoms with Gasteiger partial charge in [0.25, 0.3) is 5.56 Å². The Labute approximate surface area is 184 Å². The van der Waals surface area contributed by atoms with E-state index in [4.69, 9.17) is 0 Å². The van der Waals surface area contributed by atoms with Crippen molar-refractivity contribution < 1.29 is 4.79 Å². The lowest BCUT2D eigenvalue weighted by atomic mass is 9.72. The number of anilines is 1. The molecule has 164 valence electrons. The van der Waals surface area contributed by atoms with Gasteiger partial charge in [0.1, 0.15) is 5.54 Å². The maximum absolute atomic E-state index is 13.9. The van der Waals surface area contributed by atoms with Gasteiger partial charge in [0.2, 0.25) is 5.91 Å². The largest absolute Gasteiger partial charge is 0.324 e. The number of benzene rings is 1. The zero-order chi connectivity index (χ0) is 21.6. The molecule has 0 radical (unpaired) electrons. The number of aryl methyl sites for hydroxylation is 1. The Morgan fingerprint density at radius 3 is 2.58 bits per heavy atom. The molecule has 2 unspecified atom stereocenters. The van der Waals surface area contributed by atoms with Gasteiger partial charge in [-0.2, -0.15) is 0 Å². The highest BCUT2D eigenvalue weighted by atomic mass is 16.2. The van der Waals surface area contributed by atoms with Gasteiger partial charge in [-0.15, -0.1) is 0 Å². The Morgan fingerprint density at radius 2 is 1.81 bits per heavy atom. The van der Waals surface area contributed by atoms with E-state index in [1.807, 2.05) is 41.8 Å². The van der Waals surface area contributed by atoms with E-state index in [1.165, 1.54) is 0 Å². The maximum Gasteiger partial charge on any atom is 0.250 e. The predicted molar refractivity (Wildman–Crippen MR) is 123 cm³/mol. The molecule has 3 heterocycles. The van der Waals surface area contributed by atoms with E-state index in [2.05, 4.69) is 23.2 Å². The Bertz CT molecular complexity index is 1030. The zero-order valence-electron chi connectivity index (χ0n) is 18.6. The highest BCUT2D eigenvalue weighted by Gasteiger charge is 2.49. The lowest BCUT2D eigenvalue weighted by Gasteiger charge is -2.52. The van der Waals surface area contributed by atoms with Gasteiger partial charge < -0.3 is 9.88 Å². The van der Waals surface area contributed by atoms with Crippen molar-refractivity contribution in [2.75, 3.05) is 18.4 Å². The van der Waals surface area contributed by atoms with Crippen LogP contribution in [0.3, 0.4) is 0 Å². The number of pyridine rings is 1. The summed E-state index contributed by atoms with van der Waals surface area (Å²) in [4.78, 5) is 28.8. The molecular formula is C26H33N3O2. The van der Waals surface area contributed by atoms with Gasteiger partial charge in [-0.1, -0.05) is 31.2 Å². The SMILES string of the molecule is Cc1ccccc1NC(=O)C1(N2CC3CC(C2)c2cccc(=O)n2C3)CCC(C)CC1. The number of hydrogen-bond donors (Lipinski definition) is 1. The number of carbonyl (C=O) groups is 1. The second-order valence-corrected chi connectivity index (χ2v) is 10.1. The third kappa shape index (κ3) is 3.63. The first-order valence-corrected chi connectivity index (χ1v) is 11.8. The van der Waals surface area contributed by atoms with Gasteiger partial charge in [0.15, 0.2) is 0 Å². The van der Waals surface area contributed by atoms with E-state index in [1.54, 1.807) is 6.07 Å². The fraction of sp³-hybridized carbons (Fsp3) is 0.538. The van der Waals surface area contributed by atoms with Gasteiger partial charge >= 0.3 is 0 Å². The highest BCUT2D eigenvalue weighted by molar-refractivity contribution is 5.98. The summed E-state index contributed by atoms with van der Waals surface area (Å²) in [7, 11) is 0. The monoisotopic (exact) mass is 419 g/mol. The molecule has 2 aromatic rings. The smallest absolute Gasteiger partial charge is 0.250 e. The third-order valence-electron chi connectivity index (χ3n) is 8.00. The molecule has 1 saturated carbocycles. The number of nitrogens with zero attached hydrogens (tertiary/aromatic N) is 2. The quantitative estimate of drug-likeness (QED) is 0.813. The summed E-state index contributed by atoms with van der Waals surface area (Å²) < 4.78 is 1.97. The van der Waals surface area contributed by atoms with Crippen LogP contribution in [-0.4, -0.2) is 34.0 Å². The molecule has 5 heteroatoms. The predicted octanol–water partition coefficient (Wildman–Crippen LogP) is 4.16. The molecule has 2 bridgehead atoms. The standard InChI is InChI=1S/C26H33N3O2/c1-18-10-12-26(13-11-18,25(31)27-22-7-4-3-6-19(22)2)28-15-20-14-21(17-28)23-8-5-9-24(30)29(23)16-20/h3-9,18,20-21H,10-17H2,1-2H3,(H,27,31). The number of amides is 1. The minimum Gasteiger partial charge on any atom is -0.324 e. The molecule has 1 saturated heterocycles. The summed E-state index contributed by atoms with van der Waals surface area (Å²) in [6.07, 6.45) is 5.11. The Hall–Kier alpha value is -2.40. The molecule has 1 aromatic heterocycles. The lowest BCUT2D eigenvalue weighted by Crippen LogP contribution is -2.63. The van der Waals surface area contributed by atoms with Crippen molar-refractivity contribution in [1.82, 2.24) is 9.47 Å². The lowest BCUT2D eigenvalue weighted by molar-refractivity contribution is -0.134. The first-order valence-electron chi connectivity index (χ1n) is 11.8. The summed E-state index contributed by atoms with van der Waals surface area (Å²) in [6, 6.07) is 13.7. The van der Waals surface area contributed by atoms with Gasteiger partial charge in [-0.25, -0.2) is 0 Å². The Morgan fingerprint density at radius 1 is 1.03 bits per heavy atom. The number of likely N-dealkylation sites (tertiary alicyclic amines) is 1. The fourth-order valence-corrected chi connectivity index (χ4v) is 6.12. The van der Waals surface area contributed by atoms with Crippen molar-refractivity contribution in [3.05, 3.63) is 64.1 Å². The summed E-state index contributed by atoms with van der Waals surface area (Å²) in [6.45, 7) is 6.87. The first kappa shape index (κ1) is 20.5. The van der Waals surface area contributed by atoms with Crippen LogP contribution in [0.15, 0.2) is 47.3 Å². The van der Waals surface area contributed by atoms with E-state index < -0.39 is 5.54 Å². The van der Waals surface area contributed by atoms with Crippen LogP contribution in [0.2, 0.25) is 0 Å². The molecule has 0 spiro atoms. The molecule has 5 nitrogen and oxygen atoms in total. The summed E-state index contributed by atoms with van der Waals surface area (Å²) in [5.41, 5.74) is 2.81. The number of carbonyl (C=O) groups excluding carboxylic acids is 1. The number of nitrogens with one attached hydrogen (secondary N) is 1. The summed E-state index contributed by atoms with van der Waals surface area (Å²) in [5.74, 6) is 1.57. The normalized spacial score (nSPS) is 30.5. The van der Waals surface area contributed by atoms with Crippen LogP contribution in [0.4, 0.5) is 5.69 Å². The van der Waals surface area contributed by atoms with Crippen molar-refractivity contribution in [3.63, 3.8) is 0 Å². The van der Waals surface area contributed by atoms with Crippen LogP contribution >= 0.6 is 0 Å². The number of rotatable bonds is 3. The van der Waals surface area contributed by atoms with Crippen molar-refractivity contribution in [2.24, 2.45) is 11.8 Å². The molecule has 3 aliphatic rings. The molecule has 1 aromatic carbocycles. The average Bonchev–Trinajstić information content (AvgIpc) is 2.77. The Kier molecular flexibility index (Phi) is 5.25. The third-order valence-corrected chi connectivity index (χ3v) is 8.00. The van der Waals surface area contributed by atoms with Crippen molar-refractivity contribution in [3.8, 4) is 0 Å². The van der Waals surface area contributed by atoms with Crippen LogP contribution in [0.1, 0.15) is 56.2 Å². The second kappa shape index (κ2) is 7.94. The van der Waals surface area contributed by atoms with Crippen LogP contribution in [0, 0.1) is 18.8 Å². The number of hydrogen-bond acceptors (Lipinski definition) is 3. The summed E-state index contributed by atoms with van der Waals surface area (Å²) in [5, 5.41) is 3.29.